The van der Waals surface area contributed by atoms with Crippen molar-refractivity contribution in [2.45, 2.75) is 33.7 Å². The van der Waals surface area contributed by atoms with Crippen LogP contribution in [-0.4, -0.2) is 25.0 Å². The molecule has 110 valence electrons. The summed E-state index contributed by atoms with van der Waals surface area (Å²) in [7, 11) is 2.14. The van der Waals surface area contributed by atoms with E-state index in [0.29, 0.717) is 6.54 Å². The van der Waals surface area contributed by atoms with Gasteiger partial charge in [0.25, 0.3) is 0 Å². The molecule has 0 saturated carbocycles. The standard InChI is InChI=1S/C17H26N2O/c1-12-16(13-8-6-7-9-15(13)20-12)14(10-18)19(5)11-17(2,3)4/h6-9,14H,10-11,18H2,1-5H3. The highest BCUT2D eigenvalue weighted by Gasteiger charge is 2.25. The van der Waals surface area contributed by atoms with Crippen molar-refractivity contribution in [2.24, 2.45) is 11.1 Å². The van der Waals surface area contributed by atoms with Gasteiger partial charge in [-0.05, 0) is 25.5 Å². The summed E-state index contributed by atoms with van der Waals surface area (Å²) in [6, 6.07) is 8.39. The normalized spacial score (nSPS) is 14.2. The van der Waals surface area contributed by atoms with Gasteiger partial charge in [0, 0.05) is 24.0 Å². The van der Waals surface area contributed by atoms with Gasteiger partial charge in [-0.2, -0.15) is 0 Å². The van der Waals surface area contributed by atoms with E-state index in [1.54, 1.807) is 0 Å². The second-order valence-corrected chi connectivity index (χ2v) is 6.80. The summed E-state index contributed by atoms with van der Waals surface area (Å²) in [5.41, 5.74) is 8.48. The Balaban J connectivity index is 2.41. The smallest absolute Gasteiger partial charge is 0.134 e. The fourth-order valence-electron chi connectivity index (χ4n) is 2.98. The van der Waals surface area contributed by atoms with Gasteiger partial charge in [0.1, 0.15) is 11.3 Å². The molecule has 0 amide bonds. The second kappa shape index (κ2) is 5.58. The van der Waals surface area contributed by atoms with Crippen LogP contribution in [0, 0.1) is 12.3 Å². The van der Waals surface area contributed by atoms with Gasteiger partial charge in [-0.25, -0.2) is 0 Å². The maximum absolute atomic E-state index is 6.06. The van der Waals surface area contributed by atoms with Crippen LogP contribution in [0.4, 0.5) is 0 Å². The van der Waals surface area contributed by atoms with E-state index in [1.807, 2.05) is 19.1 Å². The Kier molecular flexibility index (Phi) is 4.21. The van der Waals surface area contributed by atoms with Gasteiger partial charge in [0.15, 0.2) is 0 Å². The monoisotopic (exact) mass is 274 g/mol. The lowest BCUT2D eigenvalue weighted by molar-refractivity contribution is 0.175. The molecule has 2 aromatic rings. The van der Waals surface area contributed by atoms with E-state index in [1.165, 1.54) is 10.9 Å². The first-order valence-corrected chi connectivity index (χ1v) is 7.22. The predicted molar refractivity (Wildman–Crippen MR) is 84.8 cm³/mol. The van der Waals surface area contributed by atoms with Crippen molar-refractivity contribution < 1.29 is 4.42 Å². The molecule has 0 aliphatic rings. The fraction of sp³-hybridized carbons (Fsp3) is 0.529. The molecule has 1 heterocycles. The van der Waals surface area contributed by atoms with Crippen molar-refractivity contribution in [3.8, 4) is 0 Å². The van der Waals surface area contributed by atoms with E-state index in [0.717, 1.165) is 17.9 Å². The number of aryl methyl sites for hydroxylation is 1. The number of rotatable bonds is 4. The minimum atomic E-state index is 0.192. The number of hydrogen-bond donors (Lipinski definition) is 1. The van der Waals surface area contributed by atoms with Crippen LogP contribution in [0.15, 0.2) is 28.7 Å². The number of furan rings is 1. The highest BCUT2D eigenvalue weighted by atomic mass is 16.3. The highest BCUT2D eigenvalue weighted by molar-refractivity contribution is 5.82. The van der Waals surface area contributed by atoms with Crippen molar-refractivity contribution in [3.05, 3.63) is 35.6 Å². The van der Waals surface area contributed by atoms with Crippen LogP contribution < -0.4 is 5.73 Å². The lowest BCUT2D eigenvalue weighted by Crippen LogP contribution is -2.36. The van der Waals surface area contributed by atoms with Crippen molar-refractivity contribution in [1.29, 1.82) is 0 Å². The molecule has 1 unspecified atom stereocenters. The van der Waals surface area contributed by atoms with Crippen LogP contribution in [0.2, 0.25) is 0 Å². The maximum atomic E-state index is 6.06. The van der Waals surface area contributed by atoms with E-state index in [4.69, 9.17) is 10.2 Å². The van der Waals surface area contributed by atoms with Crippen molar-refractivity contribution in [3.63, 3.8) is 0 Å². The molecule has 0 saturated heterocycles. The SMILES string of the molecule is Cc1oc2ccccc2c1C(CN)N(C)CC(C)(C)C. The first kappa shape index (κ1) is 15.1. The second-order valence-electron chi connectivity index (χ2n) is 6.80. The van der Waals surface area contributed by atoms with Crippen LogP contribution in [0.3, 0.4) is 0 Å². The van der Waals surface area contributed by atoms with Gasteiger partial charge in [0.05, 0.1) is 6.04 Å². The van der Waals surface area contributed by atoms with Crippen LogP contribution in [-0.2, 0) is 0 Å². The largest absolute Gasteiger partial charge is 0.461 e. The van der Waals surface area contributed by atoms with E-state index in [-0.39, 0.29) is 11.5 Å². The quantitative estimate of drug-likeness (QED) is 0.924. The Labute approximate surface area is 121 Å². The zero-order valence-corrected chi connectivity index (χ0v) is 13.2. The first-order valence-electron chi connectivity index (χ1n) is 7.22. The number of fused-ring (bicyclic) bond motifs is 1. The number of para-hydroxylation sites is 1. The molecule has 3 nitrogen and oxygen atoms in total. The first-order chi connectivity index (χ1) is 9.33. The third-order valence-electron chi connectivity index (χ3n) is 3.63. The van der Waals surface area contributed by atoms with E-state index in [9.17, 15) is 0 Å². The van der Waals surface area contributed by atoms with E-state index >= 15 is 0 Å². The summed E-state index contributed by atoms with van der Waals surface area (Å²) >= 11 is 0. The fourth-order valence-corrected chi connectivity index (χ4v) is 2.98. The average molecular weight is 274 g/mol. The predicted octanol–water partition coefficient (Wildman–Crippen LogP) is 3.72. The van der Waals surface area contributed by atoms with Gasteiger partial charge < -0.3 is 10.2 Å². The van der Waals surface area contributed by atoms with Crippen molar-refractivity contribution in [2.75, 3.05) is 20.1 Å². The number of nitrogens with two attached hydrogens (primary N) is 1. The topological polar surface area (TPSA) is 42.4 Å². The Morgan fingerprint density at radius 3 is 2.50 bits per heavy atom. The molecule has 0 fully saturated rings. The zero-order valence-electron chi connectivity index (χ0n) is 13.2. The van der Waals surface area contributed by atoms with Crippen molar-refractivity contribution >= 4 is 11.0 Å². The Morgan fingerprint density at radius 1 is 1.25 bits per heavy atom. The molecule has 2 N–H and O–H groups in total. The van der Waals surface area contributed by atoms with Crippen LogP contribution in [0.25, 0.3) is 11.0 Å². The zero-order chi connectivity index (χ0) is 14.9. The van der Waals surface area contributed by atoms with Crippen LogP contribution in [0.1, 0.15) is 38.1 Å². The number of likely N-dealkylation sites (N-methyl/N-ethyl adjacent to an activating group) is 1. The van der Waals surface area contributed by atoms with Crippen molar-refractivity contribution in [1.82, 2.24) is 4.90 Å². The third kappa shape index (κ3) is 3.05. The summed E-state index contributed by atoms with van der Waals surface area (Å²) in [6.07, 6.45) is 0. The molecule has 0 spiro atoms. The minimum Gasteiger partial charge on any atom is -0.461 e. The molecule has 0 radical (unpaired) electrons. The molecule has 0 bridgehead atoms. The maximum Gasteiger partial charge on any atom is 0.134 e. The van der Waals surface area contributed by atoms with Gasteiger partial charge >= 0.3 is 0 Å². The summed E-state index contributed by atoms with van der Waals surface area (Å²) < 4.78 is 5.88. The number of hydrogen-bond acceptors (Lipinski definition) is 3. The Hall–Kier alpha value is -1.32. The molecule has 1 atom stereocenters. The molecule has 20 heavy (non-hydrogen) atoms. The summed E-state index contributed by atoms with van der Waals surface area (Å²) in [5, 5.41) is 1.18. The lowest BCUT2D eigenvalue weighted by Gasteiger charge is -2.32. The van der Waals surface area contributed by atoms with Crippen LogP contribution >= 0.6 is 0 Å². The van der Waals surface area contributed by atoms with E-state index in [2.05, 4.69) is 44.9 Å². The van der Waals surface area contributed by atoms with Gasteiger partial charge in [-0.15, -0.1) is 0 Å². The Morgan fingerprint density at radius 2 is 1.90 bits per heavy atom. The minimum absolute atomic E-state index is 0.192. The van der Waals surface area contributed by atoms with Gasteiger partial charge in [0.2, 0.25) is 0 Å². The van der Waals surface area contributed by atoms with Gasteiger partial charge in [-0.1, -0.05) is 39.0 Å². The number of nitrogens with zero attached hydrogens (tertiary/aromatic N) is 1. The van der Waals surface area contributed by atoms with Gasteiger partial charge in [-0.3, -0.25) is 4.90 Å². The highest BCUT2D eigenvalue weighted by Crippen LogP contribution is 2.33. The molecular weight excluding hydrogens is 248 g/mol. The lowest BCUT2D eigenvalue weighted by atomic mass is 9.94. The molecule has 0 aliphatic heterocycles. The van der Waals surface area contributed by atoms with E-state index < -0.39 is 0 Å². The molecule has 2 rings (SSSR count). The average Bonchev–Trinajstić information content (AvgIpc) is 2.65. The molecule has 0 aliphatic carbocycles. The molecule has 3 heteroatoms. The molecule has 1 aromatic heterocycles. The molecule has 1 aromatic carbocycles. The molecular formula is C17H26N2O. The summed E-state index contributed by atoms with van der Waals surface area (Å²) in [4.78, 5) is 2.34. The van der Waals surface area contributed by atoms with Crippen LogP contribution in [0.5, 0.6) is 0 Å². The Bertz CT molecular complexity index is 580. The summed E-state index contributed by atoms with van der Waals surface area (Å²) in [5.74, 6) is 0.974. The third-order valence-corrected chi connectivity index (χ3v) is 3.63. The number of benzene rings is 1. The summed E-state index contributed by atoms with van der Waals surface area (Å²) in [6.45, 7) is 10.4.